The molecule has 1 atom stereocenters. The van der Waals surface area contributed by atoms with Gasteiger partial charge in [0, 0.05) is 41.3 Å². The minimum absolute atomic E-state index is 0.0300. The number of halogens is 7. The Labute approximate surface area is 250 Å². The lowest BCUT2D eigenvalue weighted by Crippen LogP contribution is -2.12. The number of nitrogens with one attached hydrogen (secondary N) is 1. The van der Waals surface area contributed by atoms with Crippen molar-refractivity contribution in [2.24, 2.45) is 5.18 Å². The second-order valence-corrected chi connectivity index (χ2v) is 10.2. The van der Waals surface area contributed by atoms with Gasteiger partial charge in [-0.25, -0.2) is 0 Å². The molecule has 7 nitrogen and oxygen atoms in total. The van der Waals surface area contributed by atoms with Crippen molar-refractivity contribution in [3.63, 3.8) is 0 Å². The van der Waals surface area contributed by atoms with E-state index in [9.17, 15) is 36.4 Å². The number of aromatic nitrogens is 3. The molecule has 0 saturated heterocycles. The van der Waals surface area contributed by atoms with E-state index in [1.165, 1.54) is 0 Å². The lowest BCUT2D eigenvalue weighted by Gasteiger charge is -2.15. The van der Waals surface area contributed by atoms with Crippen LogP contribution in [-0.4, -0.2) is 27.1 Å². The van der Waals surface area contributed by atoms with Gasteiger partial charge >= 0.3 is 12.4 Å². The van der Waals surface area contributed by atoms with Crippen LogP contribution in [0.15, 0.2) is 82.5 Å². The van der Waals surface area contributed by atoms with Gasteiger partial charge in [0.15, 0.2) is 5.76 Å². The zero-order valence-corrected chi connectivity index (χ0v) is 23.1. The van der Waals surface area contributed by atoms with E-state index in [1.807, 2.05) is 0 Å². The summed E-state index contributed by atoms with van der Waals surface area (Å²) in [5.41, 5.74) is -1.51. The predicted molar refractivity (Wildman–Crippen MR) is 149 cm³/mol. The Bertz CT molecular complexity index is 1750. The van der Waals surface area contributed by atoms with Crippen LogP contribution in [-0.2, 0) is 25.2 Å². The molecule has 0 bridgehead atoms. The van der Waals surface area contributed by atoms with E-state index >= 15 is 0 Å². The topological polar surface area (TPSA) is 104 Å². The molecule has 0 radical (unpaired) electrons. The number of rotatable bonds is 9. The lowest BCUT2D eigenvalue weighted by atomic mass is 9.92. The predicted octanol–water partition coefficient (Wildman–Crippen LogP) is 8.40. The largest absolute Gasteiger partial charge is 0.416 e. The number of aromatic amines is 1. The Kier molecular flexibility index (Phi) is 8.62. The molecule has 1 unspecified atom stereocenters. The summed E-state index contributed by atoms with van der Waals surface area (Å²) in [5.74, 6) is -0.0423. The van der Waals surface area contributed by atoms with Crippen LogP contribution in [0.1, 0.15) is 45.2 Å². The van der Waals surface area contributed by atoms with Gasteiger partial charge in [0.2, 0.25) is 0 Å². The standard InChI is InChI=1S/C30H21ClF6N4O3/c31-21-9-5-4-8-20(21)26(40-43)25-22(10-11-42)41-44-28(25)27-24(17-6-2-1-3-7-17)23(38-39-27)14-16-12-18(29(32,33)34)15-19(13-16)30(35,36)37/h1-9,12-13,15,26,42H,10-11,14H2,(H,38,39). The molecule has 44 heavy (non-hydrogen) atoms. The molecule has 0 aliphatic rings. The second-order valence-electron chi connectivity index (χ2n) is 9.76. The van der Waals surface area contributed by atoms with E-state index in [0.29, 0.717) is 23.3 Å². The highest BCUT2D eigenvalue weighted by Crippen LogP contribution is 2.43. The van der Waals surface area contributed by atoms with E-state index in [0.717, 1.165) is 0 Å². The van der Waals surface area contributed by atoms with E-state index < -0.39 is 35.9 Å². The van der Waals surface area contributed by atoms with E-state index in [4.69, 9.17) is 16.1 Å². The van der Waals surface area contributed by atoms with Gasteiger partial charge in [-0.05, 0) is 35.4 Å². The van der Waals surface area contributed by atoms with Crippen molar-refractivity contribution in [2.45, 2.75) is 31.2 Å². The monoisotopic (exact) mass is 634 g/mol. The molecule has 3 aromatic carbocycles. The van der Waals surface area contributed by atoms with Gasteiger partial charge in [-0.15, -0.1) is 4.91 Å². The molecule has 228 valence electrons. The quantitative estimate of drug-likeness (QED) is 0.125. The Morgan fingerprint density at radius 2 is 1.57 bits per heavy atom. The van der Waals surface area contributed by atoms with Crippen LogP contribution in [0.2, 0.25) is 5.02 Å². The van der Waals surface area contributed by atoms with Crippen LogP contribution in [0.5, 0.6) is 0 Å². The third kappa shape index (κ3) is 6.24. The first kappa shape index (κ1) is 31.0. The molecule has 2 heterocycles. The number of aliphatic hydroxyl groups is 1. The van der Waals surface area contributed by atoms with Gasteiger partial charge in [0.25, 0.3) is 0 Å². The van der Waals surface area contributed by atoms with Crippen LogP contribution in [0.4, 0.5) is 26.3 Å². The van der Waals surface area contributed by atoms with Gasteiger partial charge in [0.05, 0.1) is 22.4 Å². The Hall–Kier alpha value is -4.49. The van der Waals surface area contributed by atoms with E-state index in [-0.39, 0.29) is 63.6 Å². The van der Waals surface area contributed by atoms with Gasteiger partial charge in [0.1, 0.15) is 11.7 Å². The summed E-state index contributed by atoms with van der Waals surface area (Å²) < 4.78 is 87.0. The summed E-state index contributed by atoms with van der Waals surface area (Å²) in [6.45, 7) is -0.360. The highest BCUT2D eigenvalue weighted by atomic mass is 35.5. The number of aliphatic hydroxyl groups excluding tert-OH is 1. The maximum absolute atomic E-state index is 13.6. The first-order valence-corrected chi connectivity index (χ1v) is 13.4. The Balaban J connectivity index is 1.71. The summed E-state index contributed by atoms with van der Waals surface area (Å²) in [5, 5.41) is 24.2. The molecular formula is C30H21ClF6N4O3. The van der Waals surface area contributed by atoms with Crippen molar-refractivity contribution >= 4 is 11.6 Å². The average Bonchev–Trinajstić information content (AvgIpc) is 3.58. The number of alkyl halides is 6. The van der Waals surface area contributed by atoms with Crippen LogP contribution >= 0.6 is 11.6 Å². The van der Waals surface area contributed by atoms with Crippen molar-refractivity contribution in [3.05, 3.63) is 122 Å². The first-order valence-electron chi connectivity index (χ1n) is 13.0. The first-order chi connectivity index (χ1) is 20.9. The number of hydrogen-bond donors (Lipinski definition) is 2. The molecule has 5 rings (SSSR count). The molecule has 2 N–H and O–H groups in total. The summed E-state index contributed by atoms with van der Waals surface area (Å²) in [6, 6.07) is 14.9. The molecule has 0 fully saturated rings. The lowest BCUT2D eigenvalue weighted by molar-refractivity contribution is -0.143. The Morgan fingerprint density at radius 1 is 0.932 bits per heavy atom. The van der Waals surface area contributed by atoms with Crippen LogP contribution in [0.25, 0.3) is 22.6 Å². The SMILES string of the molecule is O=NC(c1ccccc1Cl)c1c(CCO)noc1-c1n[nH]c(Cc2cc(C(F)(F)F)cc(C(F)(F)F)c2)c1-c1ccccc1. The number of nitroso groups, excluding NO2 is 1. The highest BCUT2D eigenvalue weighted by Gasteiger charge is 2.37. The van der Waals surface area contributed by atoms with E-state index in [1.54, 1.807) is 54.6 Å². The number of H-pyrrole nitrogens is 1. The molecule has 0 aliphatic heterocycles. The van der Waals surface area contributed by atoms with Crippen molar-refractivity contribution in [1.29, 1.82) is 0 Å². The number of benzene rings is 3. The van der Waals surface area contributed by atoms with Crippen molar-refractivity contribution < 1.29 is 36.0 Å². The second kappa shape index (κ2) is 12.2. The zero-order chi connectivity index (χ0) is 31.6. The number of hydrogen-bond acceptors (Lipinski definition) is 6. The fourth-order valence-corrected chi connectivity index (χ4v) is 5.18. The summed E-state index contributed by atoms with van der Waals surface area (Å²) in [6.07, 6.45) is -10.5. The van der Waals surface area contributed by atoms with Crippen molar-refractivity contribution in [3.8, 4) is 22.6 Å². The van der Waals surface area contributed by atoms with E-state index in [2.05, 4.69) is 20.5 Å². The summed E-state index contributed by atoms with van der Waals surface area (Å²) in [7, 11) is 0. The fraction of sp³-hybridized carbons (Fsp3) is 0.200. The van der Waals surface area contributed by atoms with Crippen LogP contribution in [0.3, 0.4) is 0 Å². The molecule has 14 heteroatoms. The smallest absolute Gasteiger partial charge is 0.396 e. The van der Waals surface area contributed by atoms with Gasteiger partial charge in [-0.1, -0.05) is 70.5 Å². The molecule has 5 aromatic rings. The highest BCUT2D eigenvalue weighted by molar-refractivity contribution is 6.31. The van der Waals surface area contributed by atoms with Crippen LogP contribution in [0, 0.1) is 4.91 Å². The third-order valence-electron chi connectivity index (χ3n) is 6.88. The average molecular weight is 635 g/mol. The molecular weight excluding hydrogens is 614 g/mol. The van der Waals surface area contributed by atoms with Crippen molar-refractivity contribution in [1.82, 2.24) is 15.4 Å². The van der Waals surface area contributed by atoms with Gasteiger partial charge < -0.3 is 9.63 Å². The van der Waals surface area contributed by atoms with Crippen LogP contribution < -0.4 is 0 Å². The molecule has 2 aromatic heterocycles. The minimum atomic E-state index is -5.02. The Morgan fingerprint density at radius 3 is 2.16 bits per heavy atom. The molecule has 0 aliphatic carbocycles. The zero-order valence-electron chi connectivity index (χ0n) is 22.4. The third-order valence-corrected chi connectivity index (χ3v) is 7.22. The van der Waals surface area contributed by atoms with Gasteiger partial charge in [-0.3, -0.25) is 5.10 Å². The van der Waals surface area contributed by atoms with Crippen molar-refractivity contribution in [2.75, 3.05) is 6.61 Å². The fourth-order valence-electron chi connectivity index (χ4n) is 4.94. The molecule has 0 spiro atoms. The summed E-state index contributed by atoms with van der Waals surface area (Å²) >= 11 is 6.37. The normalized spacial score (nSPS) is 12.8. The summed E-state index contributed by atoms with van der Waals surface area (Å²) in [4.78, 5) is 12.3. The maximum atomic E-state index is 13.6. The molecule has 0 amide bonds. The van der Waals surface area contributed by atoms with Gasteiger partial charge in [-0.2, -0.15) is 31.4 Å². The minimum Gasteiger partial charge on any atom is -0.396 e. The molecule has 0 saturated carbocycles. The number of nitrogens with zero attached hydrogens (tertiary/aromatic N) is 3. The maximum Gasteiger partial charge on any atom is 0.416 e.